The number of ether oxygens (including phenoxy) is 2. The quantitative estimate of drug-likeness (QED) is 0.457. The van der Waals surface area contributed by atoms with Gasteiger partial charge in [0.15, 0.2) is 5.96 Å². The second kappa shape index (κ2) is 9.71. The number of carbonyl (C=O) groups excluding carboxylic acids is 1. The fourth-order valence-corrected chi connectivity index (χ4v) is 2.00. The van der Waals surface area contributed by atoms with E-state index in [2.05, 4.69) is 15.6 Å². The van der Waals surface area contributed by atoms with Crippen LogP contribution in [0.25, 0.3) is 0 Å². The molecule has 0 heterocycles. The monoisotopic (exact) mass is 321 g/mol. The molecule has 0 aliphatic rings. The van der Waals surface area contributed by atoms with Gasteiger partial charge in [0.05, 0.1) is 19.6 Å². The Morgan fingerprint density at radius 2 is 2.04 bits per heavy atom. The van der Waals surface area contributed by atoms with Crippen LogP contribution in [0, 0.1) is 6.92 Å². The molecule has 0 saturated heterocycles. The summed E-state index contributed by atoms with van der Waals surface area (Å²) in [5.74, 6) is 1.25. The smallest absolute Gasteiger partial charge is 0.307 e. The average Bonchev–Trinajstić information content (AvgIpc) is 2.50. The molecule has 23 heavy (non-hydrogen) atoms. The lowest BCUT2D eigenvalue weighted by Crippen LogP contribution is -2.38. The van der Waals surface area contributed by atoms with Crippen LogP contribution in [0.4, 0.5) is 0 Å². The van der Waals surface area contributed by atoms with Crippen molar-refractivity contribution in [3.63, 3.8) is 0 Å². The van der Waals surface area contributed by atoms with Crippen LogP contribution in [0.15, 0.2) is 23.2 Å². The summed E-state index contributed by atoms with van der Waals surface area (Å²) >= 11 is 0. The fraction of sp³-hybridized carbons (Fsp3) is 0.529. The van der Waals surface area contributed by atoms with Crippen LogP contribution in [-0.2, 0) is 16.1 Å². The number of aliphatic imine (C=N–C) groups is 1. The third kappa shape index (κ3) is 7.04. The third-order valence-corrected chi connectivity index (χ3v) is 3.10. The predicted octanol–water partition coefficient (Wildman–Crippen LogP) is 2.01. The number of nitrogens with zero attached hydrogens (tertiary/aromatic N) is 1. The van der Waals surface area contributed by atoms with Gasteiger partial charge in [0, 0.05) is 25.7 Å². The molecule has 6 nitrogen and oxygen atoms in total. The molecule has 0 saturated carbocycles. The Morgan fingerprint density at radius 3 is 2.65 bits per heavy atom. The standard InChI is InChI=1S/C17H27N3O3/c1-12(2)23-16(21)8-9-19-17(18-4)20-11-14-7-6-13(3)10-15(14)22-5/h6-7,10,12H,8-9,11H2,1-5H3,(H2,18,19,20). The van der Waals surface area contributed by atoms with Gasteiger partial charge in [-0.3, -0.25) is 9.79 Å². The molecule has 0 aromatic heterocycles. The Balaban J connectivity index is 2.44. The molecule has 1 aromatic carbocycles. The summed E-state index contributed by atoms with van der Waals surface area (Å²) in [7, 11) is 3.35. The molecular formula is C17H27N3O3. The van der Waals surface area contributed by atoms with E-state index in [0.717, 1.165) is 16.9 Å². The number of nitrogens with one attached hydrogen (secondary N) is 2. The molecule has 0 aliphatic carbocycles. The predicted molar refractivity (Wildman–Crippen MR) is 91.8 cm³/mol. The summed E-state index contributed by atoms with van der Waals surface area (Å²) in [5.41, 5.74) is 2.19. The van der Waals surface area contributed by atoms with E-state index in [-0.39, 0.29) is 12.1 Å². The number of rotatable bonds is 7. The molecule has 0 atom stereocenters. The van der Waals surface area contributed by atoms with Crippen molar-refractivity contribution in [2.45, 2.75) is 39.8 Å². The topological polar surface area (TPSA) is 72.0 Å². The molecule has 0 amide bonds. The first-order valence-electron chi connectivity index (χ1n) is 7.73. The van der Waals surface area contributed by atoms with Crippen molar-refractivity contribution in [2.24, 2.45) is 4.99 Å². The number of carbonyl (C=O) groups is 1. The summed E-state index contributed by atoms with van der Waals surface area (Å²) in [4.78, 5) is 15.6. The lowest BCUT2D eigenvalue weighted by atomic mass is 10.1. The maximum absolute atomic E-state index is 11.5. The minimum absolute atomic E-state index is 0.0889. The normalized spacial score (nSPS) is 11.3. The van der Waals surface area contributed by atoms with Crippen LogP contribution >= 0.6 is 0 Å². The van der Waals surface area contributed by atoms with Gasteiger partial charge < -0.3 is 20.1 Å². The van der Waals surface area contributed by atoms with Crippen LogP contribution in [0.1, 0.15) is 31.4 Å². The zero-order chi connectivity index (χ0) is 17.2. The number of methoxy groups -OCH3 is 1. The molecule has 1 aromatic rings. The van der Waals surface area contributed by atoms with E-state index in [1.165, 1.54) is 0 Å². The number of aryl methyl sites for hydroxylation is 1. The Hall–Kier alpha value is -2.24. The van der Waals surface area contributed by atoms with Gasteiger partial charge in [0.25, 0.3) is 0 Å². The highest BCUT2D eigenvalue weighted by molar-refractivity contribution is 5.80. The van der Waals surface area contributed by atoms with E-state index in [1.54, 1.807) is 14.2 Å². The number of hydrogen-bond donors (Lipinski definition) is 2. The van der Waals surface area contributed by atoms with Gasteiger partial charge >= 0.3 is 5.97 Å². The zero-order valence-corrected chi connectivity index (χ0v) is 14.6. The van der Waals surface area contributed by atoms with E-state index in [1.807, 2.05) is 39.0 Å². The van der Waals surface area contributed by atoms with Crippen molar-refractivity contribution < 1.29 is 14.3 Å². The highest BCUT2D eigenvalue weighted by atomic mass is 16.5. The molecule has 0 spiro atoms. The summed E-state index contributed by atoms with van der Waals surface area (Å²) < 4.78 is 10.5. The van der Waals surface area contributed by atoms with Crippen molar-refractivity contribution in [1.29, 1.82) is 0 Å². The van der Waals surface area contributed by atoms with Crippen molar-refractivity contribution in [2.75, 3.05) is 20.7 Å². The average molecular weight is 321 g/mol. The van der Waals surface area contributed by atoms with E-state index in [4.69, 9.17) is 9.47 Å². The molecule has 0 fully saturated rings. The van der Waals surface area contributed by atoms with E-state index < -0.39 is 0 Å². The van der Waals surface area contributed by atoms with Gasteiger partial charge in [-0.2, -0.15) is 0 Å². The second-order valence-corrected chi connectivity index (χ2v) is 5.46. The lowest BCUT2D eigenvalue weighted by molar-refractivity contribution is -0.147. The molecule has 0 radical (unpaired) electrons. The summed E-state index contributed by atoms with van der Waals surface area (Å²) in [6, 6.07) is 6.06. The van der Waals surface area contributed by atoms with Gasteiger partial charge in [-0.15, -0.1) is 0 Å². The maximum atomic E-state index is 11.5. The molecule has 1 rings (SSSR count). The second-order valence-electron chi connectivity index (χ2n) is 5.46. The van der Waals surface area contributed by atoms with E-state index in [0.29, 0.717) is 25.5 Å². The minimum atomic E-state index is -0.219. The largest absolute Gasteiger partial charge is 0.496 e. The Labute approximate surface area is 138 Å². The Morgan fingerprint density at radius 1 is 1.30 bits per heavy atom. The molecule has 0 unspecified atom stereocenters. The molecule has 2 N–H and O–H groups in total. The SMILES string of the molecule is CN=C(NCCC(=O)OC(C)C)NCc1ccc(C)cc1OC. The van der Waals surface area contributed by atoms with Crippen LogP contribution in [0.5, 0.6) is 5.75 Å². The first-order chi connectivity index (χ1) is 11.0. The molecule has 0 aliphatic heterocycles. The molecule has 6 heteroatoms. The minimum Gasteiger partial charge on any atom is -0.496 e. The van der Waals surface area contributed by atoms with Crippen LogP contribution < -0.4 is 15.4 Å². The Kier molecular flexibility index (Phi) is 7.94. The first-order valence-corrected chi connectivity index (χ1v) is 7.73. The van der Waals surface area contributed by atoms with E-state index in [9.17, 15) is 4.79 Å². The van der Waals surface area contributed by atoms with Crippen molar-refractivity contribution in [3.05, 3.63) is 29.3 Å². The maximum Gasteiger partial charge on any atom is 0.307 e. The van der Waals surface area contributed by atoms with Gasteiger partial charge in [0.1, 0.15) is 5.75 Å². The van der Waals surface area contributed by atoms with Gasteiger partial charge in [-0.1, -0.05) is 12.1 Å². The van der Waals surface area contributed by atoms with Gasteiger partial charge in [-0.05, 0) is 32.4 Å². The van der Waals surface area contributed by atoms with Gasteiger partial charge in [0.2, 0.25) is 0 Å². The number of benzene rings is 1. The molecule has 0 bridgehead atoms. The van der Waals surface area contributed by atoms with Gasteiger partial charge in [-0.25, -0.2) is 0 Å². The summed E-state index contributed by atoms with van der Waals surface area (Å²) in [5, 5.41) is 6.29. The molecular weight excluding hydrogens is 294 g/mol. The lowest BCUT2D eigenvalue weighted by Gasteiger charge is -2.14. The van der Waals surface area contributed by atoms with E-state index >= 15 is 0 Å². The highest BCUT2D eigenvalue weighted by Crippen LogP contribution is 2.19. The number of esters is 1. The highest BCUT2D eigenvalue weighted by Gasteiger charge is 2.07. The fourth-order valence-electron chi connectivity index (χ4n) is 2.00. The summed E-state index contributed by atoms with van der Waals surface area (Å²) in [6.45, 7) is 6.74. The van der Waals surface area contributed by atoms with Crippen molar-refractivity contribution in [3.8, 4) is 5.75 Å². The third-order valence-electron chi connectivity index (χ3n) is 3.10. The van der Waals surface area contributed by atoms with Crippen LogP contribution in [-0.4, -0.2) is 38.7 Å². The van der Waals surface area contributed by atoms with Crippen LogP contribution in [0.3, 0.4) is 0 Å². The van der Waals surface area contributed by atoms with Crippen molar-refractivity contribution in [1.82, 2.24) is 10.6 Å². The van der Waals surface area contributed by atoms with Crippen LogP contribution in [0.2, 0.25) is 0 Å². The van der Waals surface area contributed by atoms with Crippen molar-refractivity contribution >= 4 is 11.9 Å². The zero-order valence-electron chi connectivity index (χ0n) is 14.6. The summed E-state index contributed by atoms with van der Waals surface area (Å²) in [6.07, 6.45) is 0.209. The first kappa shape index (κ1) is 18.8. The molecule has 128 valence electrons. The Bertz CT molecular complexity index is 542. The number of guanidine groups is 1. The number of hydrogen-bond acceptors (Lipinski definition) is 4.